The number of aromatic nitrogens is 1. The number of rotatable bonds is 3. The second-order valence-corrected chi connectivity index (χ2v) is 6.05. The molecule has 0 saturated carbocycles. The molecule has 1 fully saturated rings. The van der Waals surface area contributed by atoms with Gasteiger partial charge in [-0.1, -0.05) is 24.8 Å². The molecule has 2 N–H and O–H groups in total. The Morgan fingerprint density at radius 2 is 2.19 bits per heavy atom. The minimum absolute atomic E-state index is 0.143. The first kappa shape index (κ1) is 14.0. The van der Waals surface area contributed by atoms with E-state index >= 15 is 0 Å². The van der Waals surface area contributed by atoms with Crippen molar-refractivity contribution < 1.29 is 10.2 Å². The van der Waals surface area contributed by atoms with Crippen molar-refractivity contribution in [2.24, 2.45) is 0 Å². The number of pyridine rings is 1. The molecule has 0 spiro atoms. The molecule has 2 heterocycles. The van der Waals surface area contributed by atoms with E-state index in [-0.39, 0.29) is 5.75 Å². The Morgan fingerprint density at radius 1 is 1.33 bits per heavy atom. The maximum absolute atomic E-state index is 11.1. The van der Waals surface area contributed by atoms with Gasteiger partial charge < -0.3 is 15.1 Å². The molecule has 21 heavy (non-hydrogen) atoms. The normalized spacial score (nSPS) is 21.8. The van der Waals surface area contributed by atoms with Gasteiger partial charge in [0.1, 0.15) is 5.75 Å². The standard InChI is InChI=1S/C16H16N2O2S/c1-12-18(10-13-4-3-7-17-9-13)16(20,11-21-12)14-5-2-6-15(19)8-14/h2-9,19-20H,1,10-11H2. The van der Waals surface area contributed by atoms with Crippen molar-refractivity contribution in [2.45, 2.75) is 12.3 Å². The van der Waals surface area contributed by atoms with Gasteiger partial charge >= 0.3 is 0 Å². The number of aliphatic hydroxyl groups is 1. The van der Waals surface area contributed by atoms with E-state index in [0.717, 1.165) is 10.6 Å². The Hall–Kier alpha value is -1.98. The number of benzene rings is 1. The average molecular weight is 300 g/mol. The maximum Gasteiger partial charge on any atom is 0.174 e. The summed E-state index contributed by atoms with van der Waals surface area (Å²) in [5, 5.41) is 21.6. The number of phenolic OH excluding ortho intramolecular Hbond substituents is 1. The zero-order valence-corrected chi connectivity index (χ0v) is 12.3. The summed E-state index contributed by atoms with van der Waals surface area (Å²) in [5.41, 5.74) is 0.494. The summed E-state index contributed by atoms with van der Waals surface area (Å²) in [4.78, 5) is 5.95. The molecule has 1 aliphatic rings. The van der Waals surface area contributed by atoms with Gasteiger partial charge in [-0.2, -0.15) is 0 Å². The van der Waals surface area contributed by atoms with E-state index < -0.39 is 5.72 Å². The first-order chi connectivity index (χ1) is 10.1. The van der Waals surface area contributed by atoms with Gasteiger partial charge in [0.2, 0.25) is 0 Å². The summed E-state index contributed by atoms with van der Waals surface area (Å²) in [6.07, 6.45) is 3.50. The second kappa shape index (κ2) is 5.42. The molecule has 2 aromatic rings. The quantitative estimate of drug-likeness (QED) is 0.912. The van der Waals surface area contributed by atoms with Crippen molar-refractivity contribution >= 4 is 11.8 Å². The SMILES string of the molecule is C=C1SCC(O)(c2cccc(O)c2)N1Cc1cccnc1. The fourth-order valence-electron chi connectivity index (χ4n) is 2.43. The number of thioether (sulfide) groups is 1. The van der Waals surface area contributed by atoms with Gasteiger partial charge in [-0.3, -0.25) is 4.98 Å². The van der Waals surface area contributed by atoms with Crippen LogP contribution in [0.1, 0.15) is 11.1 Å². The van der Waals surface area contributed by atoms with E-state index in [1.807, 2.05) is 23.1 Å². The van der Waals surface area contributed by atoms with Crippen LogP contribution < -0.4 is 0 Å². The van der Waals surface area contributed by atoms with Gasteiger partial charge in [0.25, 0.3) is 0 Å². The maximum atomic E-state index is 11.1. The number of phenols is 1. The lowest BCUT2D eigenvalue weighted by atomic mass is 10.0. The zero-order valence-electron chi connectivity index (χ0n) is 11.4. The Morgan fingerprint density at radius 3 is 2.90 bits per heavy atom. The lowest BCUT2D eigenvalue weighted by Crippen LogP contribution is -2.41. The fraction of sp³-hybridized carbons (Fsp3) is 0.188. The van der Waals surface area contributed by atoms with Crippen LogP contribution in [0.25, 0.3) is 0 Å². The average Bonchev–Trinajstić information content (AvgIpc) is 2.78. The van der Waals surface area contributed by atoms with E-state index in [2.05, 4.69) is 11.6 Å². The lowest BCUT2D eigenvalue weighted by molar-refractivity contribution is -0.0683. The van der Waals surface area contributed by atoms with E-state index in [4.69, 9.17) is 0 Å². The molecule has 0 aliphatic carbocycles. The Kier molecular flexibility index (Phi) is 3.61. The van der Waals surface area contributed by atoms with Crippen LogP contribution in [0.5, 0.6) is 5.75 Å². The van der Waals surface area contributed by atoms with Crippen LogP contribution in [0.3, 0.4) is 0 Å². The highest BCUT2D eigenvalue weighted by atomic mass is 32.2. The first-order valence-electron chi connectivity index (χ1n) is 6.60. The van der Waals surface area contributed by atoms with Crippen molar-refractivity contribution in [3.8, 4) is 5.75 Å². The highest BCUT2D eigenvalue weighted by molar-refractivity contribution is 8.03. The van der Waals surface area contributed by atoms with Gasteiger partial charge in [-0.05, 0) is 23.8 Å². The molecule has 0 radical (unpaired) electrons. The second-order valence-electron chi connectivity index (χ2n) is 5.00. The van der Waals surface area contributed by atoms with Crippen LogP contribution in [0.15, 0.2) is 60.4 Å². The van der Waals surface area contributed by atoms with E-state index in [1.165, 1.54) is 11.8 Å². The van der Waals surface area contributed by atoms with Crippen LogP contribution in [0.4, 0.5) is 0 Å². The molecular formula is C16H16N2O2S. The number of nitrogens with zero attached hydrogens (tertiary/aromatic N) is 2. The predicted octanol–water partition coefficient (Wildman–Crippen LogP) is 2.65. The summed E-state index contributed by atoms with van der Waals surface area (Å²) in [6.45, 7) is 4.54. The van der Waals surface area contributed by atoms with Crippen molar-refractivity contribution in [1.82, 2.24) is 9.88 Å². The monoisotopic (exact) mass is 300 g/mol. The van der Waals surface area contributed by atoms with Gasteiger partial charge in [0, 0.05) is 24.5 Å². The summed E-state index contributed by atoms with van der Waals surface area (Å²) in [5.74, 6) is 0.625. The molecule has 108 valence electrons. The van der Waals surface area contributed by atoms with Crippen molar-refractivity contribution in [2.75, 3.05) is 5.75 Å². The highest BCUT2D eigenvalue weighted by Gasteiger charge is 2.43. The largest absolute Gasteiger partial charge is 0.508 e. The van der Waals surface area contributed by atoms with Crippen LogP contribution in [-0.4, -0.2) is 25.8 Å². The Bertz CT molecular complexity index is 662. The fourth-order valence-corrected chi connectivity index (χ4v) is 3.50. The summed E-state index contributed by atoms with van der Waals surface area (Å²) in [6, 6.07) is 10.6. The van der Waals surface area contributed by atoms with E-state index in [0.29, 0.717) is 17.9 Å². The number of aromatic hydroxyl groups is 1. The van der Waals surface area contributed by atoms with Crippen molar-refractivity contribution in [3.63, 3.8) is 0 Å². The van der Waals surface area contributed by atoms with Gasteiger partial charge in [-0.15, -0.1) is 11.8 Å². The molecule has 1 saturated heterocycles. The lowest BCUT2D eigenvalue weighted by Gasteiger charge is -2.35. The summed E-state index contributed by atoms with van der Waals surface area (Å²) in [7, 11) is 0. The molecule has 1 aliphatic heterocycles. The first-order valence-corrected chi connectivity index (χ1v) is 7.58. The molecule has 1 unspecified atom stereocenters. The van der Waals surface area contributed by atoms with Crippen molar-refractivity contribution in [1.29, 1.82) is 0 Å². The van der Waals surface area contributed by atoms with E-state index in [9.17, 15) is 10.2 Å². The minimum Gasteiger partial charge on any atom is -0.508 e. The molecule has 1 atom stereocenters. The third kappa shape index (κ3) is 2.62. The predicted molar refractivity (Wildman–Crippen MR) is 83.4 cm³/mol. The van der Waals surface area contributed by atoms with Crippen molar-refractivity contribution in [3.05, 3.63) is 71.5 Å². The van der Waals surface area contributed by atoms with Gasteiger partial charge in [0.15, 0.2) is 5.72 Å². The van der Waals surface area contributed by atoms with Crippen LogP contribution in [0, 0.1) is 0 Å². The smallest absolute Gasteiger partial charge is 0.174 e. The topological polar surface area (TPSA) is 56.6 Å². The third-order valence-corrected chi connectivity index (χ3v) is 4.66. The molecule has 1 aromatic carbocycles. The molecule has 4 nitrogen and oxygen atoms in total. The molecule has 0 amide bonds. The molecule has 0 bridgehead atoms. The van der Waals surface area contributed by atoms with Crippen LogP contribution >= 0.6 is 11.8 Å². The Labute approximate surface area is 127 Å². The molecular weight excluding hydrogens is 284 g/mol. The minimum atomic E-state index is -1.17. The van der Waals surface area contributed by atoms with E-state index in [1.54, 1.807) is 30.6 Å². The van der Waals surface area contributed by atoms with Crippen LogP contribution in [0.2, 0.25) is 0 Å². The zero-order chi connectivity index (χ0) is 14.9. The van der Waals surface area contributed by atoms with Crippen LogP contribution in [-0.2, 0) is 12.3 Å². The summed E-state index contributed by atoms with van der Waals surface area (Å²) >= 11 is 1.51. The molecule has 1 aromatic heterocycles. The summed E-state index contributed by atoms with van der Waals surface area (Å²) < 4.78 is 0. The molecule has 5 heteroatoms. The highest BCUT2D eigenvalue weighted by Crippen LogP contribution is 2.44. The number of hydrogen-bond acceptors (Lipinski definition) is 5. The molecule has 3 rings (SSSR count). The van der Waals surface area contributed by atoms with Gasteiger partial charge in [0.05, 0.1) is 10.8 Å². The number of hydrogen-bond donors (Lipinski definition) is 2. The third-order valence-electron chi connectivity index (χ3n) is 3.56. The van der Waals surface area contributed by atoms with Gasteiger partial charge in [-0.25, -0.2) is 0 Å². The Balaban J connectivity index is 1.95.